The molecule has 5 aromatic carbocycles. The minimum absolute atomic E-state index is 0.0422. The number of anilines is 5. The van der Waals surface area contributed by atoms with Gasteiger partial charge in [-0.05, 0) is 63.9 Å². The Kier molecular flexibility index (Phi) is 4.68. The summed E-state index contributed by atoms with van der Waals surface area (Å²) in [6.07, 6.45) is 0. The number of rotatable bonds is 1. The average molecular weight is 516 g/mol. The Balaban J connectivity index is 1.49. The molecule has 0 unspecified atom stereocenters. The highest BCUT2D eigenvalue weighted by Crippen LogP contribution is 2.54. The Morgan fingerprint density at radius 2 is 0.975 bits per heavy atom. The third-order valence-corrected chi connectivity index (χ3v) is 9.80. The summed E-state index contributed by atoms with van der Waals surface area (Å²) < 4.78 is 0. The number of para-hydroxylation sites is 5. The Morgan fingerprint density at radius 3 is 1.70 bits per heavy atom. The Bertz CT molecular complexity index is 1850. The van der Waals surface area contributed by atoms with E-state index in [1.165, 1.54) is 67.2 Å². The molecule has 3 aliphatic heterocycles. The molecular formula is C37H33BN2. The second kappa shape index (κ2) is 7.91. The summed E-state index contributed by atoms with van der Waals surface area (Å²) in [4.78, 5) is 5.19. The summed E-state index contributed by atoms with van der Waals surface area (Å²) in [6.45, 7) is 11.8. The fourth-order valence-electron chi connectivity index (χ4n) is 7.85. The maximum atomic E-state index is 2.66. The second-order valence-corrected chi connectivity index (χ2v) is 12.7. The molecule has 8 rings (SSSR count). The first-order chi connectivity index (χ1) is 19.3. The van der Waals surface area contributed by atoms with Gasteiger partial charge < -0.3 is 9.71 Å². The molecule has 0 fully saturated rings. The van der Waals surface area contributed by atoms with Crippen LogP contribution in [-0.4, -0.2) is 6.85 Å². The summed E-state index contributed by atoms with van der Waals surface area (Å²) in [5, 5.41) is 0. The first-order valence-electron chi connectivity index (χ1n) is 14.4. The van der Waals surface area contributed by atoms with Gasteiger partial charge in [0.1, 0.15) is 0 Å². The van der Waals surface area contributed by atoms with Gasteiger partial charge in [0.25, 0.3) is 0 Å². The smallest absolute Gasteiger partial charge is 0.332 e. The molecule has 0 N–H and O–H groups in total. The lowest BCUT2D eigenvalue weighted by molar-refractivity contribution is 0.631. The highest BCUT2D eigenvalue weighted by atomic mass is 15.2. The molecule has 0 radical (unpaired) electrons. The fraction of sp³-hybridized carbons (Fsp3) is 0.189. The Morgan fingerprint density at radius 1 is 0.475 bits per heavy atom. The van der Waals surface area contributed by atoms with E-state index in [2.05, 4.69) is 154 Å². The van der Waals surface area contributed by atoms with Crippen LogP contribution in [0.5, 0.6) is 0 Å². The van der Waals surface area contributed by atoms with Crippen LogP contribution in [0.3, 0.4) is 0 Å². The van der Waals surface area contributed by atoms with Crippen LogP contribution in [0.15, 0.2) is 109 Å². The maximum absolute atomic E-state index is 2.66. The normalized spacial score (nSPS) is 16.9. The second-order valence-electron chi connectivity index (χ2n) is 12.7. The van der Waals surface area contributed by atoms with Gasteiger partial charge in [-0.1, -0.05) is 119 Å². The minimum Gasteiger partial charge on any atom is -0.376 e. The van der Waals surface area contributed by atoms with Crippen molar-refractivity contribution < 1.29 is 0 Å². The van der Waals surface area contributed by atoms with Crippen LogP contribution >= 0.6 is 0 Å². The van der Waals surface area contributed by atoms with Crippen molar-refractivity contribution in [1.29, 1.82) is 0 Å². The highest BCUT2D eigenvalue weighted by molar-refractivity contribution is 6.92. The third-order valence-electron chi connectivity index (χ3n) is 9.80. The lowest BCUT2D eigenvalue weighted by Gasteiger charge is -2.50. The van der Waals surface area contributed by atoms with Crippen molar-refractivity contribution in [2.75, 3.05) is 9.71 Å². The van der Waals surface area contributed by atoms with E-state index in [1.807, 2.05) is 0 Å². The van der Waals surface area contributed by atoms with Crippen molar-refractivity contribution in [3.63, 3.8) is 0 Å². The number of hydrogen-bond acceptors (Lipinski definition) is 2. The van der Waals surface area contributed by atoms with E-state index in [0.717, 1.165) is 0 Å². The summed E-state index contributed by atoms with van der Waals surface area (Å²) >= 11 is 0. The zero-order chi connectivity index (χ0) is 27.4. The number of aryl methyl sites for hydroxylation is 1. The van der Waals surface area contributed by atoms with Crippen LogP contribution in [0.25, 0.3) is 0 Å². The average Bonchev–Trinajstić information content (AvgIpc) is 2.96. The van der Waals surface area contributed by atoms with Crippen molar-refractivity contribution in [2.45, 2.75) is 45.4 Å². The number of nitrogens with zero attached hydrogens (tertiary/aromatic N) is 2. The van der Waals surface area contributed by atoms with Gasteiger partial charge in [0.15, 0.2) is 0 Å². The van der Waals surface area contributed by atoms with Gasteiger partial charge in [-0.25, -0.2) is 0 Å². The fourth-order valence-corrected chi connectivity index (χ4v) is 7.85. The predicted octanol–water partition coefficient (Wildman–Crippen LogP) is 8.00. The summed E-state index contributed by atoms with van der Waals surface area (Å²) in [6, 6.07) is 40.9. The molecule has 0 aromatic heterocycles. The summed E-state index contributed by atoms with van der Waals surface area (Å²) in [5.74, 6) is 0. The van der Waals surface area contributed by atoms with Gasteiger partial charge in [0.2, 0.25) is 0 Å². The molecule has 0 saturated heterocycles. The van der Waals surface area contributed by atoms with Gasteiger partial charge >= 0.3 is 6.85 Å². The molecule has 40 heavy (non-hydrogen) atoms. The quantitative estimate of drug-likeness (QED) is 0.208. The molecule has 3 heterocycles. The molecule has 0 aliphatic carbocycles. The monoisotopic (exact) mass is 516 g/mol. The van der Waals surface area contributed by atoms with E-state index in [9.17, 15) is 0 Å². The molecule has 194 valence electrons. The lowest BCUT2D eigenvalue weighted by atomic mass is 9.44. The van der Waals surface area contributed by atoms with Crippen LogP contribution in [0.1, 0.15) is 55.5 Å². The van der Waals surface area contributed by atoms with Gasteiger partial charge in [0.05, 0.1) is 5.69 Å². The first kappa shape index (κ1) is 23.6. The van der Waals surface area contributed by atoms with Crippen LogP contribution in [0, 0.1) is 6.92 Å². The van der Waals surface area contributed by atoms with Crippen molar-refractivity contribution in [1.82, 2.24) is 0 Å². The zero-order valence-corrected chi connectivity index (χ0v) is 23.9. The van der Waals surface area contributed by atoms with Crippen LogP contribution in [-0.2, 0) is 10.8 Å². The van der Waals surface area contributed by atoms with Crippen LogP contribution in [0.2, 0.25) is 0 Å². The molecule has 2 nitrogen and oxygen atoms in total. The number of benzene rings is 5. The molecule has 5 aromatic rings. The van der Waals surface area contributed by atoms with Crippen molar-refractivity contribution in [3.8, 4) is 0 Å². The first-order valence-corrected chi connectivity index (χ1v) is 14.4. The SMILES string of the molecule is Cc1cccc2c1N(B1c3ccccc3N3c4ccccc4C(C)(C)c4cccc1c43)c1ccccc1C2(C)C. The highest BCUT2D eigenvalue weighted by Gasteiger charge is 2.48. The minimum atomic E-state index is -0.106. The van der Waals surface area contributed by atoms with Crippen LogP contribution < -0.4 is 20.6 Å². The van der Waals surface area contributed by atoms with E-state index in [4.69, 9.17) is 0 Å². The maximum Gasteiger partial charge on any atom is 0.332 e. The molecular weight excluding hydrogens is 483 g/mol. The number of fused-ring (bicyclic) bond motifs is 6. The van der Waals surface area contributed by atoms with Gasteiger partial charge in [0, 0.05) is 33.6 Å². The molecule has 0 saturated carbocycles. The predicted molar refractivity (Wildman–Crippen MR) is 170 cm³/mol. The van der Waals surface area contributed by atoms with Crippen LogP contribution in [0.4, 0.5) is 28.4 Å². The summed E-state index contributed by atoms with van der Waals surface area (Å²) in [5.41, 5.74) is 15.9. The van der Waals surface area contributed by atoms with Gasteiger partial charge in [-0.3, -0.25) is 0 Å². The molecule has 3 aliphatic rings. The van der Waals surface area contributed by atoms with Crippen molar-refractivity contribution in [2.24, 2.45) is 0 Å². The molecule has 0 atom stereocenters. The van der Waals surface area contributed by atoms with E-state index in [1.54, 1.807) is 0 Å². The summed E-state index contributed by atoms with van der Waals surface area (Å²) in [7, 11) is 0. The number of hydrogen-bond donors (Lipinski definition) is 0. The molecule has 0 bridgehead atoms. The Labute approximate surface area is 238 Å². The molecule has 0 amide bonds. The molecule has 0 spiro atoms. The third kappa shape index (κ3) is 2.85. The van der Waals surface area contributed by atoms with Crippen molar-refractivity contribution >= 4 is 46.2 Å². The zero-order valence-electron chi connectivity index (χ0n) is 23.9. The lowest BCUT2D eigenvalue weighted by Crippen LogP contribution is -2.61. The van der Waals surface area contributed by atoms with Gasteiger partial charge in [-0.15, -0.1) is 0 Å². The van der Waals surface area contributed by atoms with E-state index < -0.39 is 0 Å². The largest absolute Gasteiger partial charge is 0.376 e. The van der Waals surface area contributed by atoms with Gasteiger partial charge in [-0.2, -0.15) is 0 Å². The van der Waals surface area contributed by atoms with Crippen molar-refractivity contribution in [3.05, 3.63) is 137 Å². The van der Waals surface area contributed by atoms with E-state index in [0.29, 0.717) is 0 Å². The molecule has 3 heteroatoms. The topological polar surface area (TPSA) is 6.48 Å². The van der Waals surface area contributed by atoms with E-state index in [-0.39, 0.29) is 17.7 Å². The standard InChI is InChI=1S/C37H33BN2/c1-24-14-12-17-27-34(24)40(32-22-10-7-16-26(32)37(27,4)5)38-29-19-8-11-23-33(29)39-31-21-9-6-15-25(31)36(2,3)28-18-13-20-30(38)35(28)39/h6-23H,1-5H3. The van der Waals surface area contributed by atoms with E-state index >= 15 is 0 Å². The Hall–Kier alpha value is -4.24.